The minimum absolute atomic E-state index is 0.0362. The molecule has 0 aliphatic heterocycles. The summed E-state index contributed by atoms with van der Waals surface area (Å²) in [5.41, 5.74) is -0.0362. The second-order valence-corrected chi connectivity index (χ2v) is 4.96. The Hall–Kier alpha value is -2.18. The Bertz CT molecular complexity index is 462. The molecule has 1 aromatic rings. The van der Waals surface area contributed by atoms with E-state index in [4.69, 9.17) is 5.11 Å². The zero-order valence-corrected chi connectivity index (χ0v) is 12.1. The minimum Gasteiger partial charge on any atom is -0.481 e. The molecule has 1 aromatic heterocycles. The Morgan fingerprint density at radius 2 is 2.19 bits per heavy atom. The van der Waals surface area contributed by atoms with E-state index >= 15 is 0 Å². The van der Waals surface area contributed by atoms with Crippen molar-refractivity contribution in [2.45, 2.75) is 39.0 Å². The van der Waals surface area contributed by atoms with E-state index in [2.05, 4.69) is 17.2 Å². The third kappa shape index (κ3) is 6.69. The van der Waals surface area contributed by atoms with Crippen LogP contribution < -0.4 is 5.32 Å². The maximum atomic E-state index is 10.6. The van der Waals surface area contributed by atoms with E-state index in [0.29, 0.717) is 24.7 Å². The molecule has 0 amide bonds. The van der Waals surface area contributed by atoms with Crippen LogP contribution in [-0.4, -0.2) is 27.5 Å². The van der Waals surface area contributed by atoms with Crippen molar-refractivity contribution in [1.82, 2.24) is 4.98 Å². The lowest BCUT2D eigenvalue weighted by molar-refractivity contribution is -0.385. The lowest BCUT2D eigenvalue weighted by atomic mass is 9.94. The molecule has 0 bridgehead atoms. The fourth-order valence-electron chi connectivity index (χ4n) is 2.17. The third-order valence-corrected chi connectivity index (χ3v) is 3.28. The van der Waals surface area contributed by atoms with Gasteiger partial charge in [0.1, 0.15) is 12.0 Å². The predicted molar refractivity (Wildman–Crippen MR) is 79.3 cm³/mol. The van der Waals surface area contributed by atoms with Crippen LogP contribution in [0.4, 0.5) is 11.5 Å². The molecule has 7 heteroatoms. The van der Waals surface area contributed by atoms with Gasteiger partial charge in [0, 0.05) is 19.0 Å². The number of aliphatic carboxylic acids is 1. The highest BCUT2D eigenvalue weighted by Gasteiger charge is 2.10. The van der Waals surface area contributed by atoms with E-state index in [1.165, 1.54) is 12.3 Å². The van der Waals surface area contributed by atoms with Gasteiger partial charge in [0.2, 0.25) is 0 Å². The number of hydrogen-bond donors (Lipinski definition) is 2. The Morgan fingerprint density at radius 1 is 1.43 bits per heavy atom. The molecule has 0 fully saturated rings. The van der Waals surface area contributed by atoms with Gasteiger partial charge in [0.05, 0.1) is 4.92 Å². The number of aromatic nitrogens is 1. The second kappa shape index (κ2) is 8.89. The lowest BCUT2D eigenvalue weighted by Gasteiger charge is -2.15. The third-order valence-electron chi connectivity index (χ3n) is 3.28. The van der Waals surface area contributed by atoms with E-state index in [9.17, 15) is 14.9 Å². The summed E-state index contributed by atoms with van der Waals surface area (Å²) in [6, 6.07) is 2.98. The Labute approximate surface area is 123 Å². The van der Waals surface area contributed by atoms with Crippen LogP contribution in [0.1, 0.15) is 39.0 Å². The molecule has 0 aliphatic carbocycles. The molecule has 0 saturated heterocycles. The van der Waals surface area contributed by atoms with Crippen molar-refractivity contribution in [2.75, 3.05) is 11.9 Å². The molecule has 0 saturated carbocycles. The summed E-state index contributed by atoms with van der Waals surface area (Å²) in [7, 11) is 0. The van der Waals surface area contributed by atoms with Crippen molar-refractivity contribution in [3.8, 4) is 0 Å². The fourth-order valence-corrected chi connectivity index (χ4v) is 2.17. The molecule has 7 nitrogen and oxygen atoms in total. The molecule has 1 unspecified atom stereocenters. The average Bonchev–Trinajstić information content (AvgIpc) is 2.45. The first-order valence-corrected chi connectivity index (χ1v) is 7.09. The quantitative estimate of drug-likeness (QED) is 0.507. The van der Waals surface area contributed by atoms with Gasteiger partial charge in [-0.15, -0.1) is 0 Å². The summed E-state index contributed by atoms with van der Waals surface area (Å²) >= 11 is 0. The second-order valence-electron chi connectivity index (χ2n) is 4.96. The Balaban J connectivity index is 2.38. The molecule has 116 valence electrons. The molecule has 0 aromatic carbocycles. The van der Waals surface area contributed by atoms with Crippen molar-refractivity contribution in [3.05, 3.63) is 28.4 Å². The van der Waals surface area contributed by atoms with Crippen LogP contribution in [0.5, 0.6) is 0 Å². The molecular formula is C14H21N3O4. The molecule has 0 aliphatic rings. The van der Waals surface area contributed by atoms with E-state index < -0.39 is 10.9 Å². The molecule has 2 N–H and O–H groups in total. The standard InChI is InChI=1S/C14H21N3O4/c1-2-3-11(4-7-14(18)19)8-9-15-13-6-5-12(10-16-13)17(20)21/h5-6,10-11H,2-4,7-9H2,1H3,(H,15,16)(H,18,19). The SMILES string of the molecule is CCCC(CCNc1ccc([N+](=O)[O-])cn1)CCC(=O)O. The number of hydrogen-bond acceptors (Lipinski definition) is 5. The highest BCUT2D eigenvalue weighted by atomic mass is 16.6. The Kier molecular flexibility index (Phi) is 7.14. The highest BCUT2D eigenvalue weighted by Crippen LogP contribution is 2.18. The summed E-state index contributed by atoms with van der Waals surface area (Å²) in [4.78, 5) is 24.6. The van der Waals surface area contributed by atoms with Gasteiger partial charge in [-0.05, 0) is 24.8 Å². The number of anilines is 1. The van der Waals surface area contributed by atoms with Gasteiger partial charge in [-0.2, -0.15) is 0 Å². The number of nitro groups is 1. The smallest absolute Gasteiger partial charge is 0.303 e. The van der Waals surface area contributed by atoms with Gasteiger partial charge in [-0.25, -0.2) is 4.98 Å². The van der Waals surface area contributed by atoms with E-state index in [-0.39, 0.29) is 12.1 Å². The van der Waals surface area contributed by atoms with Crippen molar-refractivity contribution < 1.29 is 14.8 Å². The number of pyridine rings is 1. The summed E-state index contributed by atoms with van der Waals surface area (Å²) in [6.45, 7) is 2.76. The Morgan fingerprint density at radius 3 is 2.71 bits per heavy atom. The van der Waals surface area contributed by atoms with E-state index in [1.54, 1.807) is 6.07 Å². The summed E-state index contributed by atoms with van der Waals surface area (Å²) in [5.74, 6) is 0.201. The van der Waals surface area contributed by atoms with Crippen LogP contribution in [0, 0.1) is 16.0 Å². The first kappa shape index (κ1) is 16.9. The normalized spacial score (nSPS) is 11.9. The average molecular weight is 295 g/mol. The van der Waals surface area contributed by atoms with Crippen molar-refractivity contribution >= 4 is 17.5 Å². The number of carboxylic acids is 1. The molecule has 0 spiro atoms. The molecule has 1 rings (SSSR count). The first-order valence-electron chi connectivity index (χ1n) is 7.09. The van der Waals surface area contributed by atoms with E-state index in [1.807, 2.05) is 0 Å². The van der Waals surface area contributed by atoms with Gasteiger partial charge >= 0.3 is 5.97 Å². The largest absolute Gasteiger partial charge is 0.481 e. The van der Waals surface area contributed by atoms with E-state index in [0.717, 1.165) is 19.3 Å². The maximum Gasteiger partial charge on any atom is 0.303 e. The van der Waals surface area contributed by atoms with Crippen molar-refractivity contribution in [2.24, 2.45) is 5.92 Å². The molecule has 21 heavy (non-hydrogen) atoms. The topological polar surface area (TPSA) is 105 Å². The zero-order chi connectivity index (χ0) is 15.7. The summed E-state index contributed by atoms with van der Waals surface area (Å²) in [5, 5.41) is 22.3. The zero-order valence-electron chi connectivity index (χ0n) is 12.1. The lowest BCUT2D eigenvalue weighted by Crippen LogP contribution is -2.11. The molecular weight excluding hydrogens is 274 g/mol. The van der Waals surface area contributed by atoms with Gasteiger partial charge < -0.3 is 10.4 Å². The van der Waals surface area contributed by atoms with Crippen molar-refractivity contribution in [1.29, 1.82) is 0 Å². The highest BCUT2D eigenvalue weighted by molar-refractivity contribution is 5.66. The van der Waals surface area contributed by atoms with Crippen LogP contribution >= 0.6 is 0 Å². The van der Waals surface area contributed by atoms with Gasteiger partial charge in [-0.1, -0.05) is 19.8 Å². The fraction of sp³-hybridized carbons (Fsp3) is 0.571. The van der Waals surface area contributed by atoms with Crippen LogP contribution in [0.25, 0.3) is 0 Å². The van der Waals surface area contributed by atoms with Crippen LogP contribution in [-0.2, 0) is 4.79 Å². The monoisotopic (exact) mass is 295 g/mol. The molecule has 0 radical (unpaired) electrons. The maximum absolute atomic E-state index is 10.6. The first-order chi connectivity index (χ1) is 10.0. The summed E-state index contributed by atoms with van der Waals surface area (Å²) < 4.78 is 0. The van der Waals surface area contributed by atoms with Crippen LogP contribution in [0.15, 0.2) is 18.3 Å². The van der Waals surface area contributed by atoms with Crippen molar-refractivity contribution in [3.63, 3.8) is 0 Å². The number of carboxylic acid groups (broad SMARTS) is 1. The number of carbonyl (C=O) groups is 1. The summed E-state index contributed by atoms with van der Waals surface area (Å²) in [6.07, 6.45) is 4.98. The number of nitrogens with zero attached hydrogens (tertiary/aromatic N) is 2. The number of nitrogens with one attached hydrogen (secondary N) is 1. The minimum atomic E-state index is -0.763. The predicted octanol–water partition coefficient (Wildman–Crippen LogP) is 3.07. The molecule has 1 atom stereocenters. The molecule has 1 heterocycles. The number of rotatable bonds is 10. The van der Waals surface area contributed by atoms with Gasteiger partial charge in [0.15, 0.2) is 0 Å². The van der Waals surface area contributed by atoms with Crippen LogP contribution in [0.2, 0.25) is 0 Å². The van der Waals surface area contributed by atoms with Gasteiger partial charge in [-0.3, -0.25) is 14.9 Å². The van der Waals surface area contributed by atoms with Crippen LogP contribution in [0.3, 0.4) is 0 Å². The van der Waals surface area contributed by atoms with Gasteiger partial charge in [0.25, 0.3) is 5.69 Å².